The number of ether oxygens (including phenoxy) is 2. The van der Waals surface area contributed by atoms with Crippen LogP contribution in [0.25, 0.3) is 0 Å². The average molecular weight is 379 g/mol. The second-order valence-corrected chi connectivity index (χ2v) is 5.90. The molecule has 6 nitrogen and oxygen atoms in total. The van der Waals surface area contributed by atoms with E-state index in [1.165, 1.54) is 18.2 Å². The van der Waals surface area contributed by atoms with E-state index in [0.717, 1.165) is 0 Å². The van der Waals surface area contributed by atoms with Crippen LogP contribution in [0.5, 0.6) is 11.5 Å². The number of rotatable bonds is 7. The molecule has 0 aliphatic carbocycles. The van der Waals surface area contributed by atoms with Gasteiger partial charge in [0.15, 0.2) is 6.61 Å². The monoisotopic (exact) mass is 379 g/mol. The molecule has 0 heterocycles. The van der Waals surface area contributed by atoms with Crippen LogP contribution in [0.15, 0.2) is 30.3 Å². The fourth-order valence-corrected chi connectivity index (χ4v) is 2.62. The van der Waals surface area contributed by atoms with Gasteiger partial charge in [-0.05, 0) is 55.7 Å². The van der Waals surface area contributed by atoms with Crippen molar-refractivity contribution >= 4 is 17.6 Å². The molecule has 0 fully saturated rings. The molecule has 0 aliphatic heterocycles. The second-order valence-electron chi connectivity index (χ2n) is 5.90. The van der Waals surface area contributed by atoms with Crippen LogP contribution in [0.2, 0.25) is 0 Å². The third-order valence-electron chi connectivity index (χ3n) is 3.75. The molecule has 2 aromatic carbocycles. The summed E-state index contributed by atoms with van der Waals surface area (Å²) in [5.41, 5.74) is 2.16. The Morgan fingerprint density at radius 1 is 1.11 bits per heavy atom. The number of carboxylic acid groups (broad SMARTS) is 1. The molecule has 0 saturated heterocycles. The lowest BCUT2D eigenvalue weighted by Crippen LogP contribution is -2.16. The van der Waals surface area contributed by atoms with E-state index in [-0.39, 0.29) is 17.0 Å². The number of benzene rings is 2. The molecule has 0 atom stereocenters. The van der Waals surface area contributed by atoms with E-state index in [0.29, 0.717) is 22.4 Å². The molecule has 8 heteroatoms. The van der Waals surface area contributed by atoms with E-state index in [1.54, 1.807) is 32.9 Å². The van der Waals surface area contributed by atoms with Crippen LogP contribution in [0.3, 0.4) is 0 Å². The van der Waals surface area contributed by atoms with Gasteiger partial charge in [0.05, 0.1) is 5.69 Å². The number of hydrogen-bond acceptors (Lipinski definition) is 4. The zero-order valence-corrected chi connectivity index (χ0v) is 15.0. The first-order chi connectivity index (χ1) is 12.7. The van der Waals surface area contributed by atoms with Crippen molar-refractivity contribution in [3.05, 3.63) is 52.6 Å². The Bertz CT molecular complexity index is 844. The summed E-state index contributed by atoms with van der Waals surface area (Å²) >= 11 is 0. The summed E-state index contributed by atoms with van der Waals surface area (Å²) in [5.74, 6) is -1.37. The summed E-state index contributed by atoms with van der Waals surface area (Å²) in [7, 11) is 0. The van der Waals surface area contributed by atoms with E-state index in [1.807, 2.05) is 0 Å². The quantitative estimate of drug-likeness (QED) is 0.761. The fourth-order valence-electron chi connectivity index (χ4n) is 2.62. The fraction of sp³-hybridized carbons (Fsp3) is 0.263. The maximum Gasteiger partial charge on any atom is 0.387 e. The zero-order valence-electron chi connectivity index (χ0n) is 15.0. The molecule has 0 aliphatic rings. The number of hydrogen-bond donors (Lipinski definition) is 2. The van der Waals surface area contributed by atoms with Crippen molar-refractivity contribution in [2.75, 3.05) is 11.9 Å². The molecule has 0 aromatic heterocycles. The highest BCUT2D eigenvalue weighted by atomic mass is 19.3. The van der Waals surface area contributed by atoms with E-state index in [2.05, 4.69) is 10.1 Å². The van der Waals surface area contributed by atoms with Crippen LogP contribution in [0.1, 0.15) is 27.0 Å². The summed E-state index contributed by atoms with van der Waals surface area (Å²) in [6.45, 7) is 1.51. The molecule has 0 unspecified atom stereocenters. The Hall–Kier alpha value is -3.16. The summed E-state index contributed by atoms with van der Waals surface area (Å²) < 4.78 is 34.9. The SMILES string of the molecule is Cc1cccc(OC(F)F)c1NC(=O)c1cc(C)c(OCC(=O)O)c(C)c1. The molecule has 27 heavy (non-hydrogen) atoms. The van der Waals surface area contributed by atoms with Gasteiger partial charge in [0.25, 0.3) is 5.91 Å². The van der Waals surface area contributed by atoms with Gasteiger partial charge in [0.2, 0.25) is 0 Å². The largest absolute Gasteiger partial charge is 0.481 e. The molecule has 0 radical (unpaired) electrons. The number of aliphatic carboxylic acids is 1. The molecule has 0 bridgehead atoms. The smallest absolute Gasteiger partial charge is 0.387 e. The predicted molar refractivity (Wildman–Crippen MR) is 94.8 cm³/mol. The Morgan fingerprint density at radius 3 is 2.30 bits per heavy atom. The van der Waals surface area contributed by atoms with Gasteiger partial charge in [-0.25, -0.2) is 4.79 Å². The lowest BCUT2D eigenvalue weighted by Gasteiger charge is -2.16. The molecule has 0 spiro atoms. The number of carbonyl (C=O) groups is 2. The van der Waals surface area contributed by atoms with E-state index in [9.17, 15) is 18.4 Å². The van der Waals surface area contributed by atoms with E-state index < -0.39 is 25.1 Å². The Balaban J connectivity index is 2.28. The molecular formula is C19H19F2NO5. The van der Waals surface area contributed by atoms with E-state index >= 15 is 0 Å². The van der Waals surface area contributed by atoms with Crippen molar-refractivity contribution in [1.82, 2.24) is 0 Å². The first-order valence-electron chi connectivity index (χ1n) is 8.00. The molecule has 2 N–H and O–H groups in total. The molecule has 0 saturated carbocycles. The van der Waals surface area contributed by atoms with Crippen LogP contribution in [-0.2, 0) is 4.79 Å². The first kappa shape index (κ1) is 20.2. The minimum atomic E-state index is -3.02. The highest BCUT2D eigenvalue weighted by Gasteiger charge is 2.17. The third kappa shape index (κ3) is 5.16. The van der Waals surface area contributed by atoms with Gasteiger partial charge in [-0.2, -0.15) is 8.78 Å². The third-order valence-corrected chi connectivity index (χ3v) is 3.75. The predicted octanol–water partition coefficient (Wildman–Crippen LogP) is 3.93. The van der Waals surface area contributed by atoms with Gasteiger partial charge < -0.3 is 19.9 Å². The number of anilines is 1. The number of para-hydroxylation sites is 1. The van der Waals surface area contributed by atoms with E-state index in [4.69, 9.17) is 9.84 Å². The highest BCUT2D eigenvalue weighted by molar-refractivity contribution is 6.05. The Kier molecular flexibility index (Phi) is 6.33. The average Bonchev–Trinajstić information content (AvgIpc) is 2.56. The Morgan fingerprint density at radius 2 is 1.74 bits per heavy atom. The highest BCUT2D eigenvalue weighted by Crippen LogP contribution is 2.31. The summed E-state index contributed by atoms with van der Waals surface area (Å²) in [4.78, 5) is 23.3. The van der Waals surface area contributed by atoms with Crippen LogP contribution >= 0.6 is 0 Å². The number of aryl methyl sites for hydroxylation is 3. The van der Waals surface area contributed by atoms with Crippen LogP contribution in [-0.4, -0.2) is 30.2 Å². The van der Waals surface area contributed by atoms with Gasteiger partial charge in [0.1, 0.15) is 11.5 Å². The standard InChI is InChI=1S/C19H19F2NO5/c1-10-5-4-6-14(27-19(20)21)16(10)22-18(25)13-7-11(2)17(12(3)8-13)26-9-15(23)24/h4-8,19H,9H2,1-3H3,(H,22,25)(H,23,24). The molecule has 2 rings (SSSR count). The lowest BCUT2D eigenvalue weighted by molar-refractivity contribution is -0.139. The minimum absolute atomic E-state index is 0.131. The van der Waals surface area contributed by atoms with Gasteiger partial charge in [-0.15, -0.1) is 0 Å². The zero-order chi connectivity index (χ0) is 20.1. The molecule has 1 amide bonds. The molecule has 2 aromatic rings. The van der Waals surface area contributed by atoms with Crippen molar-refractivity contribution in [3.8, 4) is 11.5 Å². The van der Waals surface area contributed by atoms with Gasteiger partial charge in [0, 0.05) is 5.56 Å². The number of halogens is 2. The lowest BCUT2D eigenvalue weighted by atomic mass is 10.0. The summed E-state index contributed by atoms with van der Waals surface area (Å²) in [6, 6.07) is 7.61. The number of carbonyl (C=O) groups excluding carboxylic acids is 1. The van der Waals surface area contributed by atoms with Gasteiger partial charge in [-0.3, -0.25) is 4.79 Å². The first-order valence-corrected chi connectivity index (χ1v) is 8.00. The number of nitrogens with one attached hydrogen (secondary N) is 1. The van der Waals surface area contributed by atoms with Crippen molar-refractivity contribution in [3.63, 3.8) is 0 Å². The molecule has 144 valence electrons. The Labute approximate surface area is 154 Å². The topological polar surface area (TPSA) is 84.9 Å². The maximum absolute atomic E-state index is 12.6. The number of carboxylic acids is 1. The van der Waals surface area contributed by atoms with Crippen LogP contribution in [0, 0.1) is 20.8 Å². The molecular weight excluding hydrogens is 360 g/mol. The van der Waals surface area contributed by atoms with Crippen LogP contribution < -0.4 is 14.8 Å². The minimum Gasteiger partial charge on any atom is -0.481 e. The number of alkyl halides is 2. The van der Waals surface area contributed by atoms with Crippen molar-refractivity contribution in [2.24, 2.45) is 0 Å². The maximum atomic E-state index is 12.6. The summed E-state index contributed by atoms with van der Waals surface area (Å²) in [5, 5.41) is 11.3. The van der Waals surface area contributed by atoms with Gasteiger partial charge >= 0.3 is 12.6 Å². The summed E-state index contributed by atoms with van der Waals surface area (Å²) in [6.07, 6.45) is 0. The van der Waals surface area contributed by atoms with Crippen molar-refractivity contribution in [2.45, 2.75) is 27.4 Å². The van der Waals surface area contributed by atoms with Crippen molar-refractivity contribution in [1.29, 1.82) is 0 Å². The number of amides is 1. The second kappa shape index (κ2) is 8.48. The van der Waals surface area contributed by atoms with Crippen molar-refractivity contribution < 1.29 is 33.0 Å². The van der Waals surface area contributed by atoms with Gasteiger partial charge in [-0.1, -0.05) is 12.1 Å². The van der Waals surface area contributed by atoms with Crippen LogP contribution in [0.4, 0.5) is 14.5 Å². The normalized spacial score (nSPS) is 10.6.